The van der Waals surface area contributed by atoms with Gasteiger partial charge in [-0.1, -0.05) is 42.5 Å². The van der Waals surface area contributed by atoms with Crippen LogP contribution in [0.15, 0.2) is 66.7 Å². The molecule has 3 saturated heterocycles. The number of piperidine rings is 1. The van der Waals surface area contributed by atoms with E-state index in [9.17, 15) is 27.9 Å². The smallest absolute Gasteiger partial charge is 0.416 e. The topological polar surface area (TPSA) is 82.6 Å². The van der Waals surface area contributed by atoms with E-state index in [1.807, 2.05) is 29.2 Å². The molecule has 8 nitrogen and oxygen atoms in total. The Hall–Kier alpha value is -4.16. The predicted octanol–water partition coefficient (Wildman–Crippen LogP) is 6.70. The standard InChI is InChI=1S/C40H45F4N3O5/c1-51-23-28-20-46(21-33(28)32-13-10-29(40(42,43)44)19-36(32)45-17-15-27(16-18-45)37(48)49)38(50)39(41)24-47(35-14-9-25-5-3-4-6-31(25)35)22-34(39)26-7-11-30(52-2)12-8-26/h3-8,10-13,19,27-28,33-35H,9,14-18,20-24H2,1-2H3,(H,48,49)/t28-,33+,34+,35?,39+/m1/s1. The number of amides is 1. The van der Waals surface area contributed by atoms with Crippen molar-refractivity contribution in [3.63, 3.8) is 0 Å². The summed E-state index contributed by atoms with van der Waals surface area (Å²) in [5.74, 6) is -2.95. The average Bonchev–Trinajstić information content (AvgIpc) is 3.86. The highest BCUT2D eigenvalue weighted by atomic mass is 19.4. The molecule has 0 spiro atoms. The fourth-order valence-corrected chi connectivity index (χ4v) is 9.13. The number of carbonyl (C=O) groups is 2. The molecular weight excluding hydrogens is 678 g/mol. The molecule has 3 aromatic carbocycles. The largest absolute Gasteiger partial charge is 0.497 e. The van der Waals surface area contributed by atoms with Gasteiger partial charge in [0.2, 0.25) is 5.67 Å². The van der Waals surface area contributed by atoms with Gasteiger partial charge >= 0.3 is 12.1 Å². The lowest BCUT2D eigenvalue weighted by atomic mass is 9.85. The van der Waals surface area contributed by atoms with Crippen LogP contribution in [0, 0.1) is 11.8 Å². The highest BCUT2D eigenvalue weighted by Crippen LogP contribution is 2.49. The van der Waals surface area contributed by atoms with Crippen LogP contribution in [-0.4, -0.2) is 92.5 Å². The number of rotatable bonds is 9. The summed E-state index contributed by atoms with van der Waals surface area (Å²) in [7, 11) is 3.10. The molecule has 3 heterocycles. The second-order valence-corrected chi connectivity index (χ2v) is 14.8. The first-order valence-corrected chi connectivity index (χ1v) is 18.0. The van der Waals surface area contributed by atoms with E-state index < -0.39 is 47.0 Å². The first-order valence-electron chi connectivity index (χ1n) is 18.0. The zero-order valence-corrected chi connectivity index (χ0v) is 29.4. The molecule has 5 atom stereocenters. The van der Waals surface area contributed by atoms with Crippen LogP contribution in [0.3, 0.4) is 0 Å². The van der Waals surface area contributed by atoms with Crippen LogP contribution in [0.4, 0.5) is 23.2 Å². The van der Waals surface area contributed by atoms with Crippen LogP contribution in [-0.2, 0) is 26.9 Å². The number of carboxylic acid groups (broad SMARTS) is 1. The van der Waals surface area contributed by atoms with Crippen molar-refractivity contribution >= 4 is 17.6 Å². The summed E-state index contributed by atoms with van der Waals surface area (Å²) in [5, 5.41) is 9.54. The number of nitrogens with zero attached hydrogens (tertiary/aromatic N) is 3. The maximum Gasteiger partial charge on any atom is 0.416 e. The molecular formula is C40H45F4N3O5. The zero-order chi connectivity index (χ0) is 36.8. The van der Waals surface area contributed by atoms with Gasteiger partial charge in [-0.25, -0.2) is 4.39 Å². The molecule has 278 valence electrons. The van der Waals surface area contributed by atoms with Gasteiger partial charge < -0.3 is 24.4 Å². The second kappa shape index (κ2) is 14.3. The third-order valence-electron chi connectivity index (χ3n) is 11.9. The molecule has 3 fully saturated rings. The van der Waals surface area contributed by atoms with Crippen molar-refractivity contribution in [2.45, 2.75) is 55.4 Å². The maximum absolute atomic E-state index is 18.0. The number of methoxy groups -OCH3 is 2. The molecule has 1 N–H and O–H groups in total. The Morgan fingerprint density at radius 1 is 0.923 bits per heavy atom. The van der Waals surface area contributed by atoms with Gasteiger partial charge in [0.15, 0.2) is 0 Å². The maximum atomic E-state index is 18.0. The van der Waals surface area contributed by atoms with Crippen LogP contribution in [0.1, 0.15) is 65.0 Å². The van der Waals surface area contributed by atoms with Crippen molar-refractivity contribution in [3.8, 4) is 5.75 Å². The Labute approximate surface area is 301 Å². The quantitative estimate of drug-likeness (QED) is 0.246. The summed E-state index contributed by atoms with van der Waals surface area (Å²) < 4.78 is 71.0. The summed E-state index contributed by atoms with van der Waals surface area (Å²) in [6.07, 6.45) is -2.25. The second-order valence-electron chi connectivity index (χ2n) is 14.8. The van der Waals surface area contributed by atoms with E-state index in [0.717, 1.165) is 30.5 Å². The van der Waals surface area contributed by atoms with Gasteiger partial charge in [0, 0.05) is 75.9 Å². The van der Waals surface area contributed by atoms with Gasteiger partial charge in [-0.3, -0.25) is 14.5 Å². The van der Waals surface area contributed by atoms with Crippen molar-refractivity contribution in [1.82, 2.24) is 9.80 Å². The summed E-state index contributed by atoms with van der Waals surface area (Å²) in [4.78, 5) is 31.8. The van der Waals surface area contributed by atoms with Gasteiger partial charge in [0.1, 0.15) is 5.75 Å². The molecule has 52 heavy (non-hydrogen) atoms. The SMILES string of the molecule is COC[C@H]1CN(C(=O)[C@]2(F)CN(C3CCc4ccccc43)C[C@H]2c2ccc(OC)cc2)C[C@@H]1c1ccc(C(F)(F)F)cc1N1CCC(C(=O)O)CC1. The number of aliphatic carboxylic acids is 1. The molecule has 12 heteroatoms. The first-order chi connectivity index (χ1) is 24.9. The highest BCUT2D eigenvalue weighted by molar-refractivity contribution is 5.88. The predicted molar refractivity (Wildman–Crippen MR) is 187 cm³/mol. The molecule has 0 aromatic heterocycles. The summed E-state index contributed by atoms with van der Waals surface area (Å²) in [6, 6.07) is 19.0. The number of hydrogen-bond acceptors (Lipinski definition) is 6. The number of benzene rings is 3. The molecule has 1 unspecified atom stereocenters. The number of hydrogen-bond donors (Lipinski definition) is 1. The number of ether oxygens (including phenoxy) is 2. The number of carboxylic acids is 1. The van der Waals surface area contributed by atoms with Crippen LogP contribution < -0.4 is 9.64 Å². The Bertz CT molecular complexity index is 1780. The van der Waals surface area contributed by atoms with Crippen LogP contribution in [0.5, 0.6) is 5.75 Å². The van der Waals surface area contributed by atoms with E-state index in [1.165, 1.54) is 18.7 Å². The monoisotopic (exact) mass is 723 g/mol. The molecule has 3 aliphatic heterocycles. The zero-order valence-electron chi connectivity index (χ0n) is 29.4. The minimum atomic E-state index is -4.58. The van der Waals surface area contributed by atoms with Crippen molar-refractivity contribution in [2.75, 3.05) is 65.0 Å². The third-order valence-corrected chi connectivity index (χ3v) is 11.9. The van der Waals surface area contributed by atoms with Crippen molar-refractivity contribution in [2.24, 2.45) is 11.8 Å². The van der Waals surface area contributed by atoms with Crippen LogP contribution >= 0.6 is 0 Å². The lowest BCUT2D eigenvalue weighted by Crippen LogP contribution is -2.50. The molecule has 1 aliphatic carbocycles. The first kappa shape index (κ1) is 36.2. The van der Waals surface area contributed by atoms with Gasteiger partial charge in [-0.05, 0) is 72.2 Å². The number of aryl methyl sites for hydroxylation is 1. The molecule has 1 amide bonds. The normalized spacial score (nSPS) is 26.9. The molecule has 0 saturated carbocycles. The van der Waals surface area contributed by atoms with E-state index in [0.29, 0.717) is 42.0 Å². The molecule has 0 radical (unpaired) electrons. The van der Waals surface area contributed by atoms with Crippen molar-refractivity contribution < 1.29 is 41.7 Å². The minimum absolute atomic E-state index is 0.0186. The summed E-state index contributed by atoms with van der Waals surface area (Å²) >= 11 is 0. The highest BCUT2D eigenvalue weighted by Gasteiger charge is 2.58. The molecule has 3 aromatic rings. The van der Waals surface area contributed by atoms with Crippen molar-refractivity contribution in [1.29, 1.82) is 0 Å². The Balaban J connectivity index is 1.21. The number of anilines is 1. The van der Waals surface area contributed by atoms with E-state index >= 15 is 4.39 Å². The van der Waals surface area contributed by atoms with Gasteiger partial charge in [0.25, 0.3) is 5.91 Å². The number of alkyl halides is 4. The third kappa shape index (κ3) is 6.75. The average molecular weight is 724 g/mol. The van der Waals surface area contributed by atoms with E-state index in [2.05, 4.69) is 17.0 Å². The Kier molecular flexibility index (Phi) is 9.99. The number of halogens is 4. The van der Waals surface area contributed by atoms with Crippen molar-refractivity contribution in [3.05, 3.63) is 94.5 Å². The lowest BCUT2D eigenvalue weighted by Gasteiger charge is -2.35. The minimum Gasteiger partial charge on any atom is -0.497 e. The van der Waals surface area contributed by atoms with E-state index in [-0.39, 0.29) is 51.3 Å². The van der Waals surface area contributed by atoms with Crippen LogP contribution in [0.25, 0.3) is 0 Å². The number of carbonyl (C=O) groups excluding carboxylic acids is 1. The van der Waals surface area contributed by atoms with Gasteiger partial charge in [-0.15, -0.1) is 0 Å². The lowest BCUT2D eigenvalue weighted by molar-refractivity contribution is -0.143. The molecule has 4 aliphatic rings. The summed E-state index contributed by atoms with van der Waals surface area (Å²) in [5.41, 5.74) is 1.03. The molecule has 7 rings (SSSR count). The Morgan fingerprint density at radius 3 is 2.33 bits per heavy atom. The number of fused-ring (bicyclic) bond motifs is 1. The number of likely N-dealkylation sites (tertiary alicyclic amines) is 2. The van der Waals surface area contributed by atoms with E-state index in [4.69, 9.17) is 9.47 Å². The fraction of sp³-hybridized carbons (Fsp3) is 0.500. The van der Waals surface area contributed by atoms with Gasteiger partial charge in [-0.2, -0.15) is 13.2 Å². The fourth-order valence-electron chi connectivity index (χ4n) is 9.13. The van der Waals surface area contributed by atoms with Gasteiger partial charge in [0.05, 0.1) is 25.2 Å². The molecule has 0 bridgehead atoms. The van der Waals surface area contributed by atoms with Crippen LogP contribution in [0.2, 0.25) is 0 Å². The summed E-state index contributed by atoms with van der Waals surface area (Å²) in [6.45, 7) is 1.36. The Morgan fingerprint density at radius 2 is 1.65 bits per heavy atom. The van der Waals surface area contributed by atoms with E-state index in [1.54, 1.807) is 24.1 Å².